The summed E-state index contributed by atoms with van der Waals surface area (Å²) in [5, 5.41) is 10.8. The van der Waals surface area contributed by atoms with Gasteiger partial charge < -0.3 is 4.74 Å². The average molecular weight is 249 g/mol. The van der Waals surface area contributed by atoms with Crippen LogP contribution in [0.5, 0.6) is 11.6 Å². The summed E-state index contributed by atoms with van der Waals surface area (Å²) in [4.78, 5) is 17.2. The third-order valence-corrected chi connectivity index (χ3v) is 2.20. The normalized spacial score (nSPS) is 10.1. The lowest BCUT2D eigenvalue weighted by atomic mass is 10.2. The van der Waals surface area contributed by atoms with Crippen molar-refractivity contribution in [3.05, 3.63) is 52.2 Å². The van der Waals surface area contributed by atoms with Crippen LogP contribution in [-0.2, 0) is 0 Å². The van der Waals surface area contributed by atoms with Crippen LogP contribution in [0.25, 0.3) is 0 Å². The third-order valence-electron chi connectivity index (χ3n) is 2.20. The second kappa shape index (κ2) is 4.74. The second-order valence-electron chi connectivity index (χ2n) is 3.46. The Morgan fingerprint density at radius 3 is 2.83 bits per heavy atom. The van der Waals surface area contributed by atoms with Gasteiger partial charge in [-0.3, -0.25) is 10.1 Å². The summed E-state index contributed by atoms with van der Waals surface area (Å²) in [7, 11) is 0. The molecule has 0 fully saturated rings. The molecule has 0 amide bonds. The van der Waals surface area contributed by atoms with E-state index in [1.54, 1.807) is 19.1 Å². The Hall–Kier alpha value is -2.57. The molecule has 0 bridgehead atoms. The molecule has 1 heterocycles. The maximum absolute atomic E-state index is 12.9. The zero-order chi connectivity index (χ0) is 13.1. The molecule has 0 radical (unpaired) electrons. The number of aryl methyl sites for hydroxylation is 1. The lowest BCUT2D eigenvalue weighted by Crippen LogP contribution is -1.97. The van der Waals surface area contributed by atoms with E-state index in [2.05, 4.69) is 9.97 Å². The smallest absolute Gasteiger partial charge is 0.311 e. The Labute approximate surface area is 101 Å². The van der Waals surface area contributed by atoms with Crippen LogP contribution < -0.4 is 4.74 Å². The van der Waals surface area contributed by atoms with Gasteiger partial charge in [-0.25, -0.2) is 9.97 Å². The number of nitro benzene ring substituents is 1. The van der Waals surface area contributed by atoms with E-state index in [0.717, 1.165) is 12.4 Å². The topological polar surface area (TPSA) is 78.2 Å². The second-order valence-corrected chi connectivity index (χ2v) is 3.46. The van der Waals surface area contributed by atoms with Crippen molar-refractivity contribution in [1.29, 1.82) is 0 Å². The van der Waals surface area contributed by atoms with Gasteiger partial charge in [0.2, 0.25) is 17.6 Å². The molecule has 0 spiro atoms. The lowest BCUT2D eigenvalue weighted by molar-refractivity contribution is -0.385. The molecule has 0 aliphatic heterocycles. The summed E-state index contributed by atoms with van der Waals surface area (Å²) in [6.45, 7) is 1.65. The molecule has 0 atom stereocenters. The molecule has 0 aliphatic carbocycles. The Morgan fingerprint density at radius 1 is 1.39 bits per heavy atom. The third kappa shape index (κ3) is 2.40. The van der Waals surface area contributed by atoms with Crippen molar-refractivity contribution in [3.63, 3.8) is 0 Å². The molecule has 2 rings (SSSR count). The number of benzene rings is 1. The first-order valence-electron chi connectivity index (χ1n) is 4.97. The van der Waals surface area contributed by atoms with Gasteiger partial charge in [0, 0.05) is 6.07 Å². The number of rotatable bonds is 3. The molecule has 0 unspecified atom stereocenters. The van der Waals surface area contributed by atoms with Crippen LogP contribution in [0.2, 0.25) is 0 Å². The number of nitro groups is 1. The fraction of sp³-hybridized carbons (Fsp3) is 0.0909. The molecule has 0 saturated heterocycles. The van der Waals surface area contributed by atoms with Crippen LogP contribution in [0.4, 0.5) is 10.1 Å². The van der Waals surface area contributed by atoms with Crippen LogP contribution in [0.3, 0.4) is 0 Å². The zero-order valence-electron chi connectivity index (χ0n) is 9.33. The highest BCUT2D eigenvalue weighted by molar-refractivity contribution is 5.52. The molecule has 0 saturated carbocycles. The Bertz CT molecular complexity index is 604. The highest BCUT2D eigenvalue weighted by atomic mass is 19.1. The molecule has 0 N–H and O–H groups in total. The highest BCUT2D eigenvalue weighted by Crippen LogP contribution is 2.33. The average Bonchev–Trinajstić information content (AvgIpc) is 2.31. The van der Waals surface area contributed by atoms with Crippen molar-refractivity contribution in [3.8, 4) is 11.6 Å². The van der Waals surface area contributed by atoms with Crippen LogP contribution in [0.1, 0.15) is 5.56 Å². The molecule has 7 heteroatoms. The minimum Gasteiger partial charge on any atom is -0.431 e. The van der Waals surface area contributed by atoms with Crippen molar-refractivity contribution in [2.24, 2.45) is 0 Å². The first-order valence-corrected chi connectivity index (χ1v) is 4.97. The predicted molar refractivity (Wildman–Crippen MR) is 59.9 cm³/mol. The van der Waals surface area contributed by atoms with Crippen molar-refractivity contribution >= 4 is 5.69 Å². The summed E-state index contributed by atoms with van der Waals surface area (Å²) in [5.41, 5.74) is 0.359. The van der Waals surface area contributed by atoms with E-state index in [-0.39, 0.29) is 17.3 Å². The van der Waals surface area contributed by atoms with Crippen molar-refractivity contribution in [2.45, 2.75) is 6.92 Å². The Balaban J connectivity index is 2.42. The summed E-state index contributed by atoms with van der Waals surface area (Å²) in [5.74, 6) is -0.809. The van der Waals surface area contributed by atoms with E-state index < -0.39 is 10.9 Å². The standard InChI is InChI=1S/C11H8FN3O3/c1-7-3-2-4-8(15(16)17)11(7)18-10-5-9(12)13-6-14-10/h2-6H,1H3. The number of ether oxygens (including phenoxy) is 1. The summed E-state index contributed by atoms with van der Waals surface area (Å²) in [6, 6.07) is 5.46. The van der Waals surface area contributed by atoms with Gasteiger partial charge in [0.1, 0.15) is 6.33 Å². The van der Waals surface area contributed by atoms with Crippen molar-refractivity contribution < 1.29 is 14.1 Å². The summed E-state index contributed by atoms with van der Waals surface area (Å²) in [6.07, 6.45) is 0.981. The minimum atomic E-state index is -0.767. The van der Waals surface area contributed by atoms with Crippen LogP contribution in [-0.4, -0.2) is 14.9 Å². The number of halogens is 1. The maximum atomic E-state index is 12.9. The summed E-state index contributed by atoms with van der Waals surface area (Å²) >= 11 is 0. The van der Waals surface area contributed by atoms with Gasteiger partial charge in [-0.05, 0) is 12.5 Å². The van der Waals surface area contributed by atoms with Crippen LogP contribution in [0.15, 0.2) is 30.6 Å². The Morgan fingerprint density at radius 2 is 2.17 bits per heavy atom. The molecular formula is C11H8FN3O3. The number of para-hydroxylation sites is 1. The molecule has 0 aliphatic rings. The molecule has 18 heavy (non-hydrogen) atoms. The number of nitrogens with zero attached hydrogens (tertiary/aromatic N) is 3. The van der Waals surface area contributed by atoms with Gasteiger partial charge in [-0.1, -0.05) is 12.1 Å². The van der Waals surface area contributed by atoms with Crippen molar-refractivity contribution in [2.75, 3.05) is 0 Å². The van der Waals surface area contributed by atoms with Crippen LogP contribution in [0, 0.1) is 23.0 Å². The number of hydrogen-bond donors (Lipinski definition) is 0. The van der Waals surface area contributed by atoms with Gasteiger partial charge in [0.05, 0.1) is 11.0 Å². The van der Waals surface area contributed by atoms with Gasteiger partial charge in [-0.2, -0.15) is 4.39 Å². The van der Waals surface area contributed by atoms with E-state index in [1.807, 2.05) is 0 Å². The number of aromatic nitrogens is 2. The minimum absolute atomic E-state index is 0.0422. The Kier molecular flexibility index (Phi) is 3.13. The van der Waals surface area contributed by atoms with Crippen LogP contribution >= 0.6 is 0 Å². The van der Waals surface area contributed by atoms with Gasteiger partial charge in [0.15, 0.2) is 0 Å². The zero-order valence-corrected chi connectivity index (χ0v) is 9.33. The SMILES string of the molecule is Cc1cccc([N+](=O)[O-])c1Oc1cc(F)ncn1. The molecule has 1 aromatic heterocycles. The van der Waals surface area contributed by atoms with E-state index in [0.29, 0.717) is 5.56 Å². The van der Waals surface area contributed by atoms with E-state index >= 15 is 0 Å². The van der Waals surface area contributed by atoms with Gasteiger partial charge in [0.25, 0.3) is 0 Å². The van der Waals surface area contributed by atoms with E-state index in [9.17, 15) is 14.5 Å². The molecule has 6 nitrogen and oxygen atoms in total. The van der Waals surface area contributed by atoms with Gasteiger partial charge >= 0.3 is 5.69 Å². The first-order chi connectivity index (χ1) is 8.58. The fourth-order valence-electron chi connectivity index (χ4n) is 1.39. The molecule has 1 aromatic carbocycles. The predicted octanol–water partition coefficient (Wildman–Crippen LogP) is 2.62. The number of hydrogen-bond acceptors (Lipinski definition) is 5. The maximum Gasteiger partial charge on any atom is 0.311 e. The molecular weight excluding hydrogens is 241 g/mol. The van der Waals surface area contributed by atoms with Crippen molar-refractivity contribution in [1.82, 2.24) is 9.97 Å². The fourth-order valence-corrected chi connectivity index (χ4v) is 1.39. The van der Waals surface area contributed by atoms with E-state index in [1.165, 1.54) is 6.07 Å². The largest absolute Gasteiger partial charge is 0.431 e. The first kappa shape index (κ1) is 11.9. The van der Waals surface area contributed by atoms with E-state index in [4.69, 9.17) is 4.74 Å². The quantitative estimate of drug-likeness (QED) is 0.474. The summed E-state index contributed by atoms with van der Waals surface area (Å²) < 4.78 is 18.1. The monoisotopic (exact) mass is 249 g/mol. The van der Waals surface area contributed by atoms with Gasteiger partial charge in [-0.15, -0.1) is 0 Å². The lowest BCUT2D eigenvalue weighted by Gasteiger charge is -2.07. The highest BCUT2D eigenvalue weighted by Gasteiger charge is 2.18. The molecule has 92 valence electrons. The molecule has 2 aromatic rings.